The van der Waals surface area contributed by atoms with Gasteiger partial charge in [-0.15, -0.1) is 0 Å². The van der Waals surface area contributed by atoms with E-state index in [-0.39, 0.29) is 5.91 Å². The quantitative estimate of drug-likeness (QED) is 0.738. The standard InChI is InChI=1S/C21H22N2O2S/c1-3-4-5-15-6-10-17(11-7-15)22-21-23-20(24)19(26-21)14-16-8-12-18(25-2)13-9-16/h6-14H,3-5H2,1-2H3,(H,22,23,24). The van der Waals surface area contributed by atoms with Crippen molar-refractivity contribution in [3.63, 3.8) is 0 Å². The van der Waals surface area contributed by atoms with Gasteiger partial charge in [-0.2, -0.15) is 0 Å². The molecule has 0 aromatic heterocycles. The van der Waals surface area contributed by atoms with E-state index in [4.69, 9.17) is 4.74 Å². The Hall–Kier alpha value is -2.53. The second kappa shape index (κ2) is 8.72. The summed E-state index contributed by atoms with van der Waals surface area (Å²) in [6.07, 6.45) is 5.33. The zero-order chi connectivity index (χ0) is 18.4. The van der Waals surface area contributed by atoms with Crippen molar-refractivity contribution in [2.24, 2.45) is 4.99 Å². The number of nitrogens with zero attached hydrogens (tertiary/aromatic N) is 1. The third-order valence-corrected chi connectivity index (χ3v) is 4.96. The number of hydrogen-bond acceptors (Lipinski definition) is 4. The van der Waals surface area contributed by atoms with Crippen LogP contribution < -0.4 is 10.1 Å². The number of rotatable bonds is 6. The molecule has 0 bridgehead atoms. The number of carbonyl (C=O) groups excluding carboxylic acids is 1. The van der Waals surface area contributed by atoms with E-state index in [1.807, 2.05) is 42.5 Å². The number of aliphatic imine (C=N–C) groups is 1. The molecule has 1 N–H and O–H groups in total. The number of methoxy groups -OCH3 is 1. The summed E-state index contributed by atoms with van der Waals surface area (Å²) in [7, 11) is 1.63. The highest BCUT2D eigenvalue weighted by atomic mass is 32.2. The molecule has 1 saturated heterocycles. The first-order chi connectivity index (χ1) is 12.7. The Morgan fingerprint density at radius 3 is 2.50 bits per heavy atom. The van der Waals surface area contributed by atoms with Gasteiger partial charge >= 0.3 is 0 Å². The monoisotopic (exact) mass is 366 g/mol. The fourth-order valence-corrected chi connectivity index (χ4v) is 3.41. The molecule has 0 radical (unpaired) electrons. The van der Waals surface area contributed by atoms with Crippen molar-refractivity contribution in [3.05, 3.63) is 64.6 Å². The molecule has 4 nitrogen and oxygen atoms in total. The molecule has 1 aliphatic rings. The fourth-order valence-electron chi connectivity index (χ4n) is 2.57. The summed E-state index contributed by atoms with van der Waals surface area (Å²) in [4.78, 5) is 17.3. The molecule has 5 heteroatoms. The van der Waals surface area contributed by atoms with Gasteiger partial charge in [-0.05, 0) is 66.1 Å². The van der Waals surface area contributed by atoms with Crippen LogP contribution in [0.2, 0.25) is 0 Å². The molecule has 1 amide bonds. The highest BCUT2D eigenvalue weighted by Gasteiger charge is 2.23. The fraction of sp³-hybridized carbons (Fsp3) is 0.238. The van der Waals surface area contributed by atoms with Crippen LogP contribution in [0.5, 0.6) is 5.75 Å². The molecular formula is C21H22N2O2S. The Bertz CT molecular complexity index is 824. The third-order valence-electron chi connectivity index (χ3n) is 4.05. The van der Waals surface area contributed by atoms with Crippen LogP contribution in [-0.4, -0.2) is 18.2 Å². The number of amides is 1. The zero-order valence-electron chi connectivity index (χ0n) is 15.0. The summed E-state index contributed by atoms with van der Waals surface area (Å²) in [5.74, 6) is 0.671. The maximum absolute atomic E-state index is 12.2. The van der Waals surface area contributed by atoms with Crippen molar-refractivity contribution in [2.45, 2.75) is 26.2 Å². The van der Waals surface area contributed by atoms with Crippen molar-refractivity contribution in [1.82, 2.24) is 5.32 Å². The van der Waals surface area contributed by atoms with Gasteiger partial charge in [0.2, 0.25) is 0 Å². The lowest BCUT2D eigenvalue weighted by atomic mass is 10.1. The summed E-state index contributed by atoms with van der Waals surface area (Å²) >= 11 is 1.36. The molecule has 134 valence electrons. The van der Waals surface area contributed by atoms with Gasteiger partial charge in [0.15, 0.2) is 5.17 Å². The van der Waals surface area contributed by atoms with Crippen LogP contribution in [0.15, 0.2) is 58.4 Å². The highest BCUT2D eigenvalue weighted by molar-refractivity contribution is 8.18. The molecule has 2 aromatic rings. The van der Waals surface area contributed by atoms with Gasteiger partial charge in [-0.25, -0.2) is 4.99 Å². The third kappa shape index (κ3) is 4.76. The Balaban J connectivity index is 1.70. The van der Waals surface area contributed by atoms with E-state index in [1.165, 1.54) is 30.2 Å². The summed E-state index contributed by atoms with van der Waals surface area (Å²) in [6, 6.07) is 15.8. The predicted molar refractivity (Wildman–Crippen MR) is 109 cm³/mol. The minimum atomic E-state index is -0.121. The number of hydrogen-bond donors (Lipinski definition) is 1. The van der Waals surface area contributed by atoms with Crippen LogP contribution in [0.1, 0.15) is 30.9 Å². The normalized spacial score (nSPS) is 16.9. The first-order valence-corrected chi connectivity index (χ1v) is 9.52. The van der Waals surface area contributed by atoms with Gasteiger partial charge in [-0.3, -0.25) is 4.79 Å². The molecule has 3 rings (SSSR count). The molecule has 1 fully saturated rings. The van der Waals surface area contributed by atoms with Crippen LogP contribution in [0.3, 0.4) is 0 Å². The van der Waals surface area contributed by atoms with Crippen LogP contribution in [0, 0.1) is 0 Å². The molecule has 1 heterocycles. The second-order valence-corrected chi connectivity index (χ2v) is 7.06. The Labute approximate surface area is 158 Å². The van der Waals surface area contributed by atoms with Gasteiger partial charge in [0, 0.05) is 0 Å². The van der Waals surface area contributed by atoms with Gasteiger partial charge in [0.05, 0.1) is 17.7 Å². The lowest BCUT2D eigenvalue weighted by Gasteiger charge is -2.01. The predicted octanol–water partition coefficient (Wildman–Crippen LogP) is 4.93. The van der Waals surface area contributed by atoms with Crippen molar-refractivity contribution >= 4 is 34.6 Å². The molecule has 0 unspecified atom stereocenters. The van der Waals surface area contributed by atoms with E-state index >= 15 is 0 Å². The van der Waals surface area contributed by atoms with Crippen LogP contribution >= 0.6 is 11.8 Å². The number of thioether (sulfide) groups is 1. The maximum atomic E-state index is 12.2. The Morgan fingerprint density at radius 2 is 1.85 bits per heavy atom. The van der Waals surface area contributed by atoms with Gasteiger partial charge in [0.1, 0.15) is 5.75 Å². The summed E-state index contributed by atoms with van der Waals surface area (Å²) in [5.41, 5.74) is 3.11. The lowest BCUT2D eigenvalue weighted by Crippen LogP contribution is -2.19. The van der Waals surface area contributed by atoms with E-state index < -0.39 is 0 Å². The maximum Gasteiger partial charge on any atom is 0.264 e. The average molecular weight is 366 g/mol. The number of aryl methyl sites for hydroxylation is 1. The van der Waals surface area contributed by atoms with Crippen molar-refractivity contribution in [2.75, 3.05) is 7.11 Å². The first kappa shape index (κ1) is 18.3. The Kier molecular flexibility index (Phi) is 6.12. The van der Waals surface area contributed by atoms with E-state index in [9.17, 15) is 4.79 Å². The van der Waals surface area contributed by atoms with Crippen molar-refractivity contribution in [1.29, 1.82) is 0 Å². The number of benzene rings is 2. The van der Waals surface area contributed by atoms with E-state index in [1.54, 1.807) is 7.11 Å². The van der Waals surface area contributed by atoms with Crippen LogP contribution in [0.25, 0.3) is 6.08 Å². The molecule has 2 aromatic carbocycles. The lowest BCUT2D eigenvalue weighted by molar-refractivity contribution is -0.115. The average Bonchev–Trinajstić information content (AvgIpc) is 3.00. The topological polar surface area (TPSA) is 50.7 Å². The van der Waals surface area contributed by atoms with Gasteiger partial charge in [0.25, 0.3) is 5.91 Å². The SMILES string of the molecule is CCCCc1ccc(N=C2NC(=O)C(=Cc3ccc(OC)cc3)S2)cc1. The number of unbranched alkanes of at least 4 members (excludes halogenated alkanes) is 1. The smallest absolute Gasteiger partial charge is 0.264 e. The minimum absolute atomic E-state index is 0.121. The summed E-state index contributed by atoms with van der Waals surface area (Å²) in [6.45, 7) is 2.19. The minimum Gasteiger partial charge on any atom is -0.497 e. The van der Waals surface area contributed by atoms with Crippen molar-refractivity contribution < 1.29 is 9.53 Å². The van der Waals surface area contributed by atoms with E-state index in [0.717, 1.165) is 23.4 Å². The number of ether oxygens (including phenoxy) is 1. The Morgan fingerprint density at radius 1 is 1.12 bits per heavy atom. The molecule has 26 heavy (non-hydrogen) atoms. The number of nitrogens with one attached hydrogen (secondary N) is 1. The molecule has 0 atom stereocenters. The second-order valence-electron chi connectivity index (χ2n) is 6.02. The molecule has 0 aliphatic carbocycles. The highest BCUT2D eigenvalue weighted by Crippen LogP contribution is 2.28. The van der Waals surface area contributed by atoms with Gasteiger partial charge < -0.3 is 10.1 Å². The summed E-state index contributed by atoms with van der Waals surface area (Å²) < 4.78 is 5.15. The number of amidine groups is 1. The largest absolute Gasteiger partial charge is 0.497 e. The first-order valence-electron chi connectivity index (χ1n) is 8.70. The molecule has 1 aliphatic heterocycles. The molecular weight excluding hydrogens is 344 g/mol. The molecule has 0 saturated carbocycles. The summed E-state index contributed by atoms with van der Waals surface area (Å²) in [5, 5.41) is 3.43. The molecule has 0 spiro atoms. The zero-order valence-corrected chi connectivity index (χ0v) is 15.8. The van der Waals surface area contributed by atoms with Crippen LogP contribution in [0.4, 0.5) is 5.69 Å². The van der Waals surface area contributed by atoms with E-state index in [0.29, 0.717) is 10.1 Å². The van der Waals surface area contributed by atoms with Gasteiger partial charge in [-0.1, -0.05) is 37.6 Å². The van der Waals surface area contributed by atoms with Crippen LogP contribution in [-0.2, 0) is 11.2 Å². The van der Waals surface area contributed by atoms with Crippen molar-refractivity contribution in [3.8, 4) is 5.75 Å². The number of carbonyl (C=O) groups is 1. The van der Waals surface area contributed by atoms with E-state index in [2.05, 4.69) is 29.4 Å².